The van der Waals surface area contributed by atoms with Gasteiger partial charge in [0.1, 0.15) is 11.5 Å². The number of hydrogen-bond acceptors (Lipinski definition) is 9. The van der Waals surface area contributed by atoms with E-state index in [4.69, 9.17) is 9.47 Å². The summed E-state index contributed by atoms with van der Waals surface area (Å²) in [5.41, 5.74) is 3.91. The SMILES string of the molecule is COc1ccc(C2C3=C(CC(C)(C)CC3=O)Nc3ccccc3N2CC(=O)N2CCN(c3ncccn3)CC2)c(OC)c1. The topological polar surface area (TPSA) is 100 Å². The molecule has 0 radical (unpaired) electrons. The minimum Gasteiger partial charge on any atom is -0.497 e. The summed E-state index contributed by atoms with van der Waals surface area (Å²) in [6, 6.07) is 14.9. The van der Waals surface area contributed by atoms with Gasteiger partial charge in [-0.15, -0.1) is 0 Å². The number of carbonyl (C=O) groups excluding carboxylic acids is 2. The number of anilines is 3. The van der Waals surface area contributed by atoms with Crippen LogP contribution in [0, 0.1) is 5.41 Å². The predicted molar refractivity (Wildman–Crippen MR) is 166 cm³/mol. The zero-order valence-electron chi connectivity index (χ0n) is 25.2. The first-order valence-electron chi connectivity index (χ1n) is 14.7. The zero-order valence-corrected chi connectivity index (χ0v) is 25.2. The maximum atomic E-state index is 14.1. The number of fused-ring (bicyclic) bond motifs is 1. The average molecular weight is 583 g/mol. The Morgan fingerprint density at radius 2 is 1.72 bits per heavy atom. The quantitative estimate of drug-likeness (QED) is 0.452. The van der Waals surface area contributed by atoms with Gasteiger partial charge in [-0.05, 0) is 42.2 Å². The van der Waals surface area contributed by atoms with Gasteiger partial charge in [0.25, 0.3) is 0 Å². The highest BCUT2D eigenvalue weighted by molar-refractivity contribution is 6.02. The van der Waals surface area contributed by atoms with Crippen LogP contribution in [-0.2, 0) is 9.59 Å². The van der Waals surface area contributed by atoms with Crippen molar-refractivity contribution < 1.29 is 19.1 Å². The minimum atomic E-state index is -0.543. The Morgan fingerprint density at radius 3 is 2.44 bits per heavy atom. The Kier molecular flexibility index (Phi) is 7.68. The maximum absolute atomic E-state index is 14.1. The Hall–Kier alpha value is -4.60. The molecular formula is C33H38N6O4. The third-order valence-corrected chi connectivity index (χ3v) is 8.51. The molecule has 1 N–H and O–H groups in total. The molecule has 1 fully saturated rings. The van der Waals surface area contributed by atoms with E-state index in [1.165, 1.54) is 0 Å². The van der Waals surface area contributed by atoms with Crippen molar-refractivity contribution in [3.05, 3.63) is 77.8 Å². The molecule has 2 aromatic carbocycles. The Bertz CT molecular complexity index is 1550. The van der Waals surface area contributed by atoms with Crippen LogP contribution in [0.1, 0.15) is 38.3 Å². The van der Waals surface area contributed by atoms with E-state index >= 15 is 0 Å². The number of piperazine rings is 1. The van der Waals surface area contributed by atoms with Gasteiger partial charge < -0.3 is 29.5 Å². The standard InChI is InChI=1S/C33H38N6O4/c1-33(2)19-25-30(27(40)20-33)31(23-11-10-22(42-3)18-28(23)43-4)39(26-9-6-5-8-24(26)36-25)21-29(41)37-14-16-38(17-15-37)32-34-12-7-13-35-32/h5-13,18,31,36H,14-17,19-21H2,1-4H3. The van der Waals surface area contributed by atoms with Crippen molar-refractivity contribution >= 4 is 29.0 Å². The molecule has 1 amide bonds. The average Bonchev–Trinajstić information content (AvgIpc) is 3.15. The fourth-order valence-corrected chi connectivity index (χ4v) is 6.45. The van der Waals surface area contributed by atoms with Crippen molar-refractivity contribution in [3.8, 4) is 11.5 Å². The molecule has 3 aromatic rings. The number of para-hydroxylation sites is 2. The summed E-state index contributed by atoms with van der Waals surface area (Å²) in [7, 11) is 3.23. The van der Waals surface area contributed by atoms with Crippen LogP contribution in [0.4, 0.5) is 17.3 Å². The molecule has 0 bridgehead atoms. The van der Waals surface area contributed by atoms with Gasteiger partial charge in [-0.2, -0.15) is 0 Å². The number of methoxy groups -OCH3 is 2. The second kappa shape index (κ2) is 11.6. The van der Waals surface area contributed by atoms with Crippen molar-refractivity contribution in [2.24, 2.45) is 5.41 Å². The first kappa shape index (κ1) is 28.5. The predicted octanol–water partition coefficient (Wildman–Crippen LogP) is 4.46. The first-order valence-corrected chi connectivity index (χ1v) is 14.7. The van der Waals surface area contributed by atoms with Crippen LogP contribution < -0.4 is 24.6 Å². The third kappa shape index (κ3) is 5.61. The number of nitrogens with one attached hydrogen (secondary N) is 1. The molecular weight excluding hydrogens is 544 g/mol. The number of rotatable bonds is 6. The van der Waals surface area contributed by atoms with Crippen molar-refractivity contribution in [1.29, 1.82) is 0 Å². The van der Waals surface area contributed by atoms with E-state index in [2.05, 4.69) is 38.9 Å². The lowest BCUT2D eigenvalue weighted by Crippen LogP contribution is -2.52. The summed E-state index contributed by atoms with van der Waals surface area (Å²) in [4.78, 5) is 42.9. The highest BCUT2D eigenvalue weighted by Gasteiger charge is 2.43. The van der Waals surface area contributed by atoms with E-state index in [-0.39, 0.29) is 23.7 Å². The number of amides is 1. The van der Waals surface area contributed by atoms with Crippen LogP contribution in [0.3, 0.4) is 0 Å². The van der Waals surface area contributed by atoms with Crippen molar-refractivity contribution in [2.75, 3.05) is 62.1 Å². The molecule has 43 heavy (non-hydrogen) atoms. The summed E-state index contributed by atoms with van der Waals surface area (Å²) in [6.45, 7) is 6.74. The molecule has 1 atom stereocenters. The Labute approximate surface area is 252 Å². The monoisotopic (exact) mass is 582 g/mol. The normalized spacial score (nSPS) is 19.7. The fourth-order valence-electron chi connectivity index (χ4n) is 6.45. The Balaban J connectivity index is 1.40. The van der Waals surface area contributed by atoms with E-state index in [0.717, 1.165) is 22.6 Å². The number of allylic oxidation sites excluding steroid dienone is 1. The highest BCUT2D eigenvalue weighted by Crippen LogP contribution is 2.50. The number of ether oxygens (including phenoxy) is 2. The van der Waals surface area contributed by atoms with Gasteiger partial charge in [0.15, 0.2) is 5.78 Å². The molecule has 2 aliphatic heterocycles. The van der Waals surface area contributed by atoms with Gasteiger partial charge in [0.2, 0.25) is 11.9 Å². The number of carbonyl (C=O) groups is 2. The number of hydrogen-bond donors (Lipinski definition) is 1. The van der Waals surface area contributed by atoms with Crippen LogP contribution in [0.15, 0.2) is 72.2 Å². The lowest BCUT2D eigenvalue weighted by Gasteiger charge is -2.40. The summed E-state index contributed by atoms with van der Waals surface area (Å²) >= 11 is 0. The lowest BCUT2D eigenvalue weighted by molar-refractivity contribution is -0.130. The molecule has 0 spiro atoms. The molecule has 6 rings (SSSR count). The second-order valence-corrected chi connectivity index (χ2v) is 12.0. The molecule has 1 aliphatic carbocycles. The van der Waals surface area contributed by atoms with Gasteiger partial charge in [0, 0.05) is 67.9 Å². The van der Waals surface area contributed by atoms with Gasteiger partial charge in [-0.1, -0.05) is 26.0 Å². The van der Waals surface area contributed by atoms with E-state index in [1.807, 2.05) is 47.4 Å². The molecule has 3 heterocycles. The molecule has 0 saturated carbocycles. The minimum absolute atomic E-state index is 0.00597. The summed E-state index contributed by atoms with van der Waals surface area (Å²) < 4.78 is 11.4. The third-order valence-electron chi connectivity index (χ3n) is 8.51. The van der Waals surface area contributed by atoms with Crippen molar-refractivity contribution in [1.82, 2.24) is 14.9 Å². The van der Waals surface area contributed by atoms with Crippen LogP contribution in [0.25, 0.3) is 0 Å². The number of Topliss-reactive ketones (excluding diaryl/α,β-unsaturated/α-hetero) is 1. The molecule has 3 aliphatic rings. The van der Waals surface area contributed by atoms with Crippen molar-refractivity contribution in [3.63, 3.8) is 0 Å². The molecule has 1 aromatic heterocycles. The molecule has 1 saturated heterocycles. The Morgan fingerprint density at radius 1 is 0.977 bits per heavy atom. The summed E-state index contributed by atoms with van der Waals surface area (Å²) in [6.07, 6.45) is 4.59. The largest absolute Gasteiger partial charge is 0.497 e. The van der Waals surface area contributed by atoms with E-state index < -0.39 is 6.04 Å². The molecule has 224 valence electrons. The van der Waals surface area contributed by atoms with E-state index in [1.54, 1.807) is 32.7 Å². The second-order valence-electron chi connectivity index (χ2n) is 12.0. The molecule has 1 unspecified atom stereocenters. The summed E-state index contributed by atoms with van der Waals surface area (Å²) in [5, 5.41) is 3.62. The van der Waals surface area contributed by atoms with Crippen LogP contribution >= 0.6 is 0 Å². The van der Waals surface area contributed by atoms with E-state index in [0.29, 0.717) is 62.0 Å². The first-order chi connectivity index (χ1) is 20.8. The van der Waals surface area contributed by atoms with Crippen LogP contribution in [0.2, 0.25) is 0 Å². The molecule has 10 heteroatoms. The van der Waals surface area contributed by atoms with Gasteiger partial charge in [-0.3, -0.25) is 9.59 Å². The van der Waals surface area contributed by atoms with Gasteiger partial charge in [0.05, 0.1) is 38.2 Å². The lowest BCUT2D eigenvalue weighted by atomic mass is 9.73. The smallest absolute Gasteiger partial charge is 0.242 e. The molecule has 10 nitrogen and oxygen atoms in total. The van der Waals surface area contributed by atoms with Crippen LogP contribution in [0.5, 0.6) is 11.5 Å². The highest BCUT2D eigenvalue weighted by atomic mass is 16.5. The maximum Gasteiger partial charge on any atom is 0.242 e. The zero-order chi connectivity index (χ0) is 30.1. The summed E-state index contributed by atoms with van der Waals surface area (Å²) in [5.74, 6) is 1.99. The number of nitrogens with zero attached hydrogens (tertiary/aromatic N) is 5. The van der Waals surface area contributed by atoms with Crippen LogP contribution in [-0.4, -0.2) is 73.5 Å². The number of ketones is 1. The van der Waals surface area contributed by atoms with Gasteiger partial charge >= 0.3 is 0 Å². The number of aromatic nitrogens is 2. The fraction of sp³-hybridized carbons (Fsp3) is 0.394. The number of benzene rings is 2. The van der Waals surface area contributed by atoms with E-state index in [9.17, 15) is 9.59 Å². The van der Waals surface area contributed by atoms with Gasteiger partial charge in [-0.25, -0.2) is 9.97 Å². The van der Waals surface area contributed by atoms with Crippen molar-refractivity contribution in [2.45, 2.75) is 32.7 Å².